The molecule has 4 saturated heterocycles. The molecule has 102 valence electrons. The van der Waals surface area contributed by atoms with E-state index >= 15 is 0 Å². The van der Waals surface area contributed by atoms with Crippen molar-refractivity contribution >= 4 is 0 Å². The first-order chi connectivity index (χ1) is 8.76. The van der Waals surface area contributed by atoms with Crippen LogP contribution in [0.1, 0.15) is 44.9 Å². The maximum atomic E-state index is 11.2. The molecule has 4 atom stereocenters. The van der Waals surface area contributed by atoms with E-state index in [0.717, 1.165) is 24.9 Å². The van der Waals surface area contributed by atoms with Crippen molar-refractivity contribution < 1.29 is 5.11 Å². The van der Waals surface area contributed by atoms with Crippen LogP contribution in [0.4, 0.5) is 0 Å². The van der Waals surface area contributed by atoms with Crippen molar-refractivity contribution in [2.45, 2.75) is 62.6 Å². The monoisotopic (exact) mass is 250 g/mol. The molecule has 0 aromatic heterocycles. The van der Waals surface area contributed by atoms with Gasteiger partial charge in [0.25, 0.3) is 0 Å². The molecule has 0 amide bonds. The van der Waals surface area contributed by atoms with Crippen LogP contribution in [0.15, 0.2) is 0 Å². The number of nitrogens with zero attached hydrogens (tertiary/aromatic N) is 2. The Labute approximate surface area is 110 Å². The van der Waals surface area contributed by atoms with E-state index in [9.17, 15) is 5.11 Å². The molecule has 0 spiro atoms. The molecule has 3 heteroatoms. The lowest BCUT2D eigenvalue weighted by molar-refractivity contribution is -0.176. The van der Waals surface area contributed by atoms with E-state index in [-0.39, 0.29) is 0 Å². The van der Waals surface area contributed by atoms with Crippen LogP contribution >= 0.6 is 0 Å². The van der Waals surface area contributed by atoms with E-state index in [1.165, 1.54) is 58.2 Å². The van der Waals surface area contributed by atoms with Crippen molar-refractivity contribution in [1.29, 1.82) is 0 Å². The average molecular weight is 250 g/mol. The Hall–Kier alpha value is -0.120. The normalized spacial score (nSPS) is 49.5. The molecular weight excluding hydrogens is 224 g/mol. The molecule has 4 fully saturated rings. The molecule has 0 aliphatic carbocycles. The first-order valence-electron chi connectivity index (χ1n) is 7.97. The summed E-state index contributed by atoms with van der Waals surface area (Å²) in [6, 6.07) is 1.24. The van der Waals surface area contributed by atoms with Crippen molar-refractivity contribution in [3.63, 3.8) is 0 Å². The van der Waals surface area contributed by atoms with Gasteiger partial charge < -0.3 is 5.11 Å². The molecule has 0 unspecified atom stereocenters. The van der Waals surface area contributed by atoms with Gasteiger partial charge in [-0.05, 0) is 51.1 Å². The highest BCUT2D eigenvalue weighted by Gasteiger charge is 2.54. The highest BCUT2D eigenvalue weighted by Crippen LogP contribution is 2.44. The molecule has 0 aromatic carbocycles. The third kappa shape index (κ3) is 1.67. The molecule has 18 heavy (non-hydrogen) atoms. The Morgan fingerprint density at radius 1 is 0.944 bits per heavy atom. The maximum absolute atomic E-state index is 11.2. The van der Waals surface area contributed by atoms with E-state index in [4.69, 9.17) is 0 Å². The Kier molecular flexibility index (Phi) is 2.72. The second kappa shape index (κ2) is 4.19. The number of hydrogen-bond acceptors (Lipinski definition) is 3. The highest BCUT2D eigenvalue weighted by molar-refractivity contribution is 5.09. The molecule has 0 aromatic rings. The number of rotatable bonds is 0. The van der Waals surface area contributed by atoms with E-state index in [1.54, 1.807) is 0 Å². The SMILES string of the molecule is O[C@@]12C[C@@H](CN3CCCC[C@H]31)[C@H]1CCCCN1C2. The van der Waals surface area contributed by atoms with E-state index in [2.05, 4.69) is 9.80 Å². The standard InChI is InChI=1S/C15H26N2O/c18-15-9-12(10-16-7-4-2-6-14(15)16)13-5-1-3-8-17(13)11-15/h12-14,18H,1-11H2/t12-,13+,14-,15+/m0/s1. The Bertz CT molecular complexity index is 332. The molecule has 4 rings (SSSR count). The van der Waals surface area contributed by atoms with Gasteiger partial charge in [-0.15, -0.1) is 0 Å². The predicted molar refractivity (Wildman–Crippen MR) is 71.5 cm³/mol. The van der Waals surface area contributed by atoms with Crippen molar-refractivity contribution in [2.75, 3.05) is 26.2 Å². The first-order valence-corrected chi connectivity index (χ1v) is 7.97. The fraction of sp³-hybridized carbons (Fsp3) is 1.00. The summed E-state index contributed by atoms with van der Waals surface area (Å²) in [5.74, 6) is 0.735. The quantitative estimate of drug-likeness (QED) is 0.705. The van der Waals surface area contributed by atoms with Crippen LogP contribution in [0.3, 0.4) is 0 Å². The number of piperidine rings is 4. The smallest absolute Gasteiger partial charge is 0.0932 e. The topological polar surface area (TPSA) is 26.7 Å². The molecule has 4 aliphatic rings. The molecule has 0 radical (unpaired) electrons. The van der Waals surface area contributed by atoms with Crippen molar-refractivity contribution in [3.05, 3.63) is 0 Å². The second-order valence-corrected chi connectivity index (χ2v) is 7.11. The molecule has 0 saturated carbocycles. The van der Waals surface area contributed by atoms with Gasteiger partial charge in [-0.3, -0.25) is 9.80 Å². The van der Waals surface area contributed by atoms with Crippen molar-refractivity contribution in [2.24, 2.45) is 5.92 Å². The van der Waals surface area contributed by atoms with Crippen LogP contribution < -0.4 is 0 Å². The van der Waals surface area contributed by atoms with Crippen molar-refractivity contribution in [3.8, 4) is 0 Å². The predicted octanol–water partition coefficient (Wildman–Crippen LogP) is 1.46. The zero-order valence-electron chi connectivity index (χ0n) is 11.4. The lowest BCUT2D eigenvalue weighted by atomic mass is 9.68. The molecule has 2 bridgehead atoms. The van der Waals surface area contributed by atoms with Gasteiger partial charge in [-0.2, -0.15) is 0 Å². The lowest BCUT2D eigenvalue weighted by Gasteiger charge is -2.60. The Morgan fingerprint density at radius 2 is 1.72 bits per heavy atom. The second-order valence-electron chi connectivity index (χ2n) is 7.11. The summed E-state index contributed by atoms with van der Waals surface area (Å²) in [6.45, 7) is 4.68. The fourth-order valence-electron chi connectivity index (χ4n) is 5.30. The third-order valence-corrected chi connectivity index (χ3v) is 6.00. The van der Waals surface area contributed by atoms with Crippen LogP contribution in [-0.4, -0.2) is 58.8 Å². The summed E-state index contributed by atoms with van der Waals surface area (Å²) < 4.78 is 0. The van der Waals surface area contributed by atoms with Gasteiger partial charge in [-0.1, -0.05) is 12.8 Å². The lowest BCUT2D eigenvalue weighted by Crippen LogP contribution is -2.71. The van der Waals surface area contributed by atoms with E-state index < -0.39 is 5.60 Å². The van der Waals surface area contributed by atoms with Gasteiger partial charge in [0, 0.05) is 25.2 Å². The third-order valence-electron chi connectivity index (χ3n) is 6.00. The van der Waals surface area contributed by atoms with Gasteiger partial charge in [0.05, 0.1) is 5.60 Å². The van der Waals surface area contributed by atoms with Gasteiger partial charge in [-0.25, -0.2) is 0 Å². The van der Waals surface area contributed by atoms with Gasteiger partial charge in [0.2, 0.25) is 0 Å². The summed E-state index contributed by atoms with van der Waals surface area (Å²) in [7, 11) is 0. The zero-order valence-corrected chi connectivity index (χ0v) is 11.4. The van der Waals surface area contributed by atoms with Crippen LogP contribution in [0.25, 0.3) is 0 Å². The van der Waals surface area contributed by atoms with Gasteiger partial charge in [0.15, 0.2) is 0 Å². The summed E-state index contributed by atoms with van der Waals surface area (Å²) in [5, 5.41) is 11.2. The number of fused-ring (bicyclic) bond motifs is 6. The number of aliphatic hydroxyl groups is 1. The minimum atomic E-state index is -0.392. The van der Waals surface area contributed by atoms with E-state index in [0.29, 0.717) is 6.04 Å². The van der Waals surface area contributed by atoms with Gasteiger partial charge >= 0.3 is 0 Å². The molecule has 3 nitrogen and oxygen atoms in total. The Balaban J connectivity index is 1.63. The summed E-state index contributed by atoms with van der Waals surface area (Å²) in [4.78, 5) is 5.26. The van der Waals surface area contributed by atoms with Crippen molar-refractivity contribution in [1.82, 2.24) is 9.80 Å². The van der Waals surface area contributed by atoms with Crippen LogP contribution in [0, 0.1) is 5.92 Å². The molecular formula is C15H26N2O. The fourth-order valence-corrected chi connectivity index (χ4v) is 5.30. The van der Waals surface area contributed by atoms with Crippen LogP contribution in [-0.2, 0) is 0 Å². The molecule has 1 N–H and O–H groups in total. The number of hydrogen-bond donors (Lipinski definition) is 1. The highest BCUT2D eigenvalue weighted by atomic mass is 16.3. The van der Waals surface area contributed by atoms with Crippen LogP contribution in [0.5, 0.6) is 0 Å². The Morgan fingerprint density at radius 3 is 2.61 bits per heavy atom. The maximum Gasteiger partial charge on any atom is 0.0932 e. The first kappa shape index (κ1) is 11.7. The molecule has 4 aliphatic heterocycles. The minimum Gasteiger partial charge on any atom is -0.387 e. The minimum absolute atomic E-state index is 0.392. The average Bonchev–Trinajstić information content (AvgIpc) is 2.38. The summed E-state index contributed by atoms with van der Waals surface area (Å²) >= 11 is 0. The van der Waals surface area contributed by atoms with Crippen LogP contribution in [0.2, 0.25) is 0 Å². The van der Waals surface area contributed by atoms with E-state index in [1.807, 2.05) is 0 Å². The zero-order chi connectivity index (χ0) is 12.2. The molecule has 4 heterocycles. The largest absolute Gasteiger partial charge is 0.387 e. The summed E-state index contributed by atoms with van der Waals surface area (Å²) in [5.41, 5.74) is -0.392. The summed E-state index contributed by atoms with van der Waals surface area (Å²) in [6.07, 6.45) is 9.08. The van der Waals surface area contributed by atoms with Gasteiger partial charge in [0.1, 0.15) is 0 Å².